The number of nitrogens with one attached hydrogen (secondary N) is 1. The van der Waals surface area contributed by atoms with Crippen LogP contribution in [0.1, 0.15) is 16.8 Å². The number of hydrogen-bond donors (Lipinski definition) is 1. The molecule has 1 N–H and O–H groups in total. The standard InChI is InChI=1S/C16H17FN2O/c1-19-9-8-11(10-19)18-16(20)14-6-7-15(17)13-5-3-2-4-12(13)14/h2-7,11H,8-10H2,1H3,(H,18,20). The van der Waals surface area contributed by atoms with Gasteiger partial charge >= 0.3 is 0 Å². The Balaban J connectivity index is 1.90. The van der Waals surface area contributed by atoms with Gasteiger partial charge in [0.15, 0.2) is 0 Å². The summed E-state index contributed by atoms with van der Waals surface area (Å²) in [5.41, 5.74) is 0.538. The minimum atomic E-state index is -0.294. The number of nitrogens with zero attached hydrogens (tertiary/aromatic N) is 1. The fourth-order valence-corrected chi connectivity index (χ4v) is 2.78. The summed E-state index contributed by atoms with van der Waals surface area (Å²) in [6, 6.07) is 10.2. The molecule has 1 heterocycles. The summed E-state index contributed by atoms with van der Waals surface area (Å²) < 4.78 is 13.7. The molecule has 0 radical (unpaired) electrons. The summed E-state index contributed by atoms with van der Waals surface area (Å²) in [5, 5.41) is 4.19. The quantitative estimate of drug-likeness (QED) is 0.910. The number of halogens is 1. The first-order valence-electron chi connectivity index (χ1n) is 6.82. The number of hydrogen-bond acceptors (Lipinski definition) is 2. The number of rotatable bonds is 2. The molecule has 0 spiro atoms. The molecule has 1 unspecified atom stereocenters. The molecule has 0 saturated carbocycles. The lowest BCUT2D eigenvalue weighted by molar-refractivity contribution is 0.0940. The largest absolute Gasteiger partial charge is 0.348 e. The highest BCUT2D eigenvalue weighted by atomic mass is 19.1. The first kappa shape index (κ1) is 13.1. The molecule has 3 nitrogen and oxygen atoms in total. The van der Waals surface area contributed by atoms with Gasteiger partial charge < -0.3 is 10.2 Å². The van der Waals surface area contributed by atoms with Crippen molar-refractivity contribution in [1.82, 2.24) is 10.2 Å². The lowest BCUT2D eigenvalue weighted by atomic mass is 10.0. The van der Waals surface area contributed by atoms with E-state index in [-0.39, 0.29) is 17.8 Å². The third-order valence-corrected chi connectivity index (χ3v) is 3.84. The summed E-state index contributed by atoms with van der Waals surface area (Å²) in [5.74, 6) is -0.417. The molecule has 1 aliphatic heterocycles. The van der Waals surface area contributed by atoms with E-state index >= 15 is 0 Å². The molecular formula is C16H17FN2O. The first-order valence-corrected chi connectivity index (χ1v) is 6.82. The fraction of sp³-hybridized carbons (Fsp3) is 0.312. The van der Waals surface area contributed by atoms with Crippen LogP contribution >= 0.6 is 0 Å². The van der Waals surface area contributed by atoms with Crippen LogP contribution in [0.4, 0.5) is 4.39 Å². The van der Waals surface area contributed by atoms with Gasteiger partial charge in [-0.1, -0.05) is 24.3 Å². The molecular weight excluding hydrogens is 255 g/mol. The molecule has 1 amide bonds. The Morgan fingerprint density at radius 2 is 2.00 bits per heavy atom. The highest BCUT2D eigenvalue weighted by Gasteiger charge is 2.22. The minimum absolute atomic E-state index is 0.124. The molecule has 2 aromatic carbocycles. The highest BCUT2D eigenvalue weighted by Crippen LogP contribution is 2.22. The number of likely N-dealkylation sites (tertiary alicyclic amines) is 1. The van der Waals surface area contributed by atoms with Crippen molar-refractivity contribution < 1.29 is 9.18 Å². The highest BCUT2D eigenvalue weighted by molar-refractivity contribution is 6.07. The predicted octanol–water partition coefficient (Wildman–Crippen LogP) is 2.41. The van der Waals surface area contributed by atoms with Crippen molar-refractivity contribution in [3.8, 4) is 0 Å². The molecule has 0 aliphatic carbocycles. The van der Waals surface area contributed by atoms with Gasteiger partial charge in [0.25, 0.3) is 5.91 Å². The van der Waals surface area contributed by atoms with Gasteiger partial charge in [-0.25, -0.2) is 4.39 Å². The van der Waals surface area contributed by atoms with E-state index in [4.69, 9.17) is 0 Å². The number of fused-ring (bicyclic) bond motifs is 1. The van der Waals surface area contributed by atoms with E-state index in [1.165, 1.54) is 6.07 Å². The van der Waals surface area contributed by atoms with Crippen LogP contribution in [-0.2, 0) is 0 Å². The van der Waals surface area contributed by atoms with Crippen molar-refractivity contribution in [3.63, 3.8) is 0 Å². The van der Waals surface area contributed by atoms with Gasteiger partial charge in [0.05, 0.1) is 0 Å². The van der Waals surface area contributed by atoms with E-state index in [1.807, 2.05) is 13.1 Å². The maximum absolute atomic E-state index is 13.7. The second-order valence-electron chi connectivity index (χ2n) is 5.36. The molecule has 3 rings (SSSR count). The fourth-order valence-electron chi connectivity index (χ4n) is 2.78. The minimum Gasteiger partial charge on any atom is -0.348 e. The van der Waals surface area contributed by atoms with Crippen molar-refractivity contribution >= 4 is 16.7 Å². The molecule has 1 fully saturated rings. The van der Waals surface area contributed by atoms with Gasteiger partial charge in [0, 0.05) is 23.5 Å². The lowest BCUT2D eigenvalue weighted by Crippen LogP contribution is -2.36. The molecule has 4 heteroatoms. The van der Waals surface area contributed by atoms with E-state index in [0.717, 1.165) is 19.5 Å². The van der Waals surface area contributed by atoms with Crippen LogP contribution in [0.25, 0.3) is 10.8 Å². The van der Waals surface area contributed by atoms with E-state index in [2.05, 4.69) is 10.2 Å². The zero-order chi connectivity index (χ0) is 14.1. The Morgan fingerprint density at radius 3 is 2.70 bits per heavy atom. The molecule has 1 aliphatic rings. The second-order valence-corrected chi connectivity index (χ2v) is 5.36. The Kier molecular flexibility index (Phi) is 3.40. The average Bonchev–Trinajstić information content (AvgIpc) is 2.84. The van der Waals surface area contributed by atoms with Crippen LogP contribution in [0.5, 0.6) is 0 Å². The van der Waals surface area contributed by atoms with Gasteiger partial charge in [-0.05, 0) is 37.5 Å². The van der Waals surface area contributed by atoms with Crippen LogP contribution in [0.2, 0.25) is 0 Å². The van der Waals surface area contributed by atoms with Crippen molar-refractivity contribution in [2.45, 2.75) is 12.5 Å². The van der Waals surface area contributed by atoms with Gasteiger partial charge in [0.1, 0.15) is 5.82 Å². The molecule has 104 valence electrons. The van der Waals surface area contributed by atoms with E-state index < -0.39 is 0 Å². The molecule has 0 aromatic heterocycles. The average molecular weight is 272 g/mol. The SMILES string of the molecule is CN1CCC(NC(=O)c2ccc(F)c3ccccc23)C1. The number of carbonyl (C=O) groups excluding carboxylic acids is 1. The predicted molar refractivity (Wildman–Crippen MR) is 77.3 cm³/mol. The Hall–Kier alpha value is -1.94. The van der Waals surface area contributed by atoms with Gasteiger partial charge in [-0.3, -0.25) is 4.79 Å². The second kappa shape index (κ2) is 5.21. The number of amides is 1. The van der Waals surface area contributed by atoms with Crippen molar-refractivity contribution in [3.05, 3.63) is 47.8 Å². The van der Waals surface area contributed by atoms with Crippen LogP contribution in [0.15, 0.2) is 36.4 Å². The van der Waals surface area contributed by atoms with Gasteiger partial charge in [-0.2, -0.15) is 0 Å². The van der Waals surface area contributed by atoms with E-state index in [0.29, 0.717) is 16.3 Å². The summed E-state index contributed by atoms with van der Waals surface area (Å²) in [6.07, 6.45) is 0.960. The maximum Gasteiger partial charge on any atom is 0.252 e. The zero-order valence-electron chi connectivity index (χ0n) is 11.4. The molecule has 2 aromatic rings. The molecule has 0 bridgehead atoms. The lowest BCUT2D eigenvalue weighted by Gasteiger charge is -2.14. The third kappa shape index (κ3) is 2.39. The van der Waals surface area contributed by atoms with E-state index in [9.17, 15) is 9.18 Å². The van der Waals surface area contributed by atoms with Crippen molar-refractivity contribution in [2.24, 2.45) is 0 Å². The third-order valence-electron chi connectivity index (χ3n) is 3.84. The van der Waals surface area contributed by atoms with Crippen LogP contribution < -0.4 is 5.32 Å². The number of likely N-dealkylation sites (N-methyl/N-ethyl adjacent to an activating group) is 1. The van der Waals surface area contributed by atoms with Crippen molar-refractivity contribution in [1.29, 1.82) is 0 Å². The summed E-state index contributed by atoms with van der Waals surface area (Å²) in [7, 11) is 2.04. The van der Waals surface area contributed by atoms with Gasteiger partial charge in [0.2, 0.25) is 0 Å². The van der Waals surface area contributed by atoms with Crippen LogP contribution in [-0.4, -0.2) is 37.0 Å². The summed E-state index contributed by atoms with van der Waals surface area (Å²) >= 11 is 0. The van der Waals surface area contributed by atoms with Gasteiger partial charge in [-0.15, -0.1) is 0 Å². The van der Waals surface area contributed by atoms with E-state index in [1.54, 1.807) is 24.3 Å². The smallest absolute Gasteiger partial charge is 0.252 e. The topological polar surface area (TPSA) is 32.3 Å². The molecule has 1 atom stereocenters. The first-order chi connectivity index (χ1) is 9.65. The zero-order valence-corrected chi connectivity index (χ0v) is 11.4. The number of carbonyl (C=O) groups is 1. The normalized spacial score (nSPS) is 19.4. The van der Waals surface area contributed by atoms with Crippen LogP contribution in [0.3, 0.4) is 0 Å². The van der Waals surface area contributed by atoms with Crippen molar-refractivity contribution in [2.75, 3.05) is 20.1 Å². The Morgan fingerprint density at radius 1 is 1.25 bits per heavy atom. The van der Waals surface area contributed by atoms with Crippen LogP contribution in [0, 0.1) is 5.82 Å². The number of benzene rings is 2. The Bertz CT molecular complexity index is 656. The summed E-state index contributed by atoms with van der Waals surface area (Å²) in [6.45, 7) is 1.86. The monoisotopic (exact) mass is 272 g/mol. The molecule has 20 heavy (non-hydrogen) atoms. The summed E-state index contributed by atoms with van der Waals surface area (Å²) in [4.78, 5) is 14.6. The molecule has 1 saturated heterocycles. The Labute approximate surface area is 117 Å². The maximum atomic E-state index is 13.7.